The predicted octanol–water partition coefficient (Wildman–Crippen LogP) is 0.489. The molecule has 0 aromatic carbocycles. The van der Waals surface area contributed by atoms with Gasteiger partial charge in [0, 0.05) is 31.9 Å². The summed E-state index contributed by atoms with van der Waals surface area (Å²) in [6.07, 6.45) is 4.09. The van der Waals surface area contributed by atoms with E-state index in [9.17, 15) is 4.79 Å². The monoisotopic (exact) mass is 262 g/mol. The number of imidazole rings is 1. The number of aromatic nitrogens is 4. The van der Waals surface area contributed by atoms with E-state index in [-0.39, 0.29) is 5.91 Å². The fourth-order valence-corrected chi connectivity index (χ4v) is 1.88. The lowest BCUT2D eigenvalue weighted by molar-refractivity contribution is 0.0944. The maximum absolute atomic E-state index is 12.1. The average molecular weight is 262 g/mol. The Kier molecular flexibility index (Phi) is 3.84. The van der Waals surface area contributed by atoms with E-state index in [1.165, 1.54) is 0 Å². The Hall–Kier alpha value is -2.31. The van der Waals surface area contributed by atoms with Crippen LogP contribution < -0.4 is 11.1 Å². The fraction of sp³-hybridized carbons (Fsp3) is 0.417. The molecule has 7 heteroatoms. The van der Waals surface area contributed by atoms with E-state index in [2.05, 4.69) is 20.4 Å². The number of H-pyrrole nitrogens is 1. The van der Waals surface area contributed by atoms with Crippen molar-refractivity contribution in [3.63, 3.8) is 0 Å². The number of hydrogen-bond acceptors (Lipinski definition) is 4. The second-order valence-electron chi connectivity index (χ2n) is 4.21. The van der Waals surface area contributed by atoms with Gasteiger partial charge in [0.05, 0.1) is 11.4 Å². The Balaban J connectivity index is 2.00. The highest BCUT2D eigenvalue weighted by molar-refractivity contribution is 5.97. The highest BCUT2D eigenvalue weighted by Crippen LogP contribution is 2.15. The number of nitrogens with zero attached hydrogens (tertiary/aromatic N) is 3. The van der Waals surface area contributed by atoms with Crippen LogP contribution in [-0.2, 0) is 13.0 Å². The van der Waals surface area contributed by atoms with Crippen molar-refractivity contribution in [2.24, 2.45) is 0 Å². The summed E-state index contributed by atoms with van der Waals surface area (Å²) in [5.74, 6) is 0.639. The molecule has 0 aliphatic heterocycles. The van der Waals surface area contributed by atoms with Crippen LogP contribution in [0.2, 0.25) is 0 Å². The molecule has 0 atom stereocenters. The number of rotatable bonds is 5. The van der Waals surface area contributed by atoms with Crippen LogP contribution in [0.3, 0.4) is 0 Å². The van der Waals surface area contributed by atoms with Crippen LogP contribution in [-0.4, -0.2) is 32.2 Å². The van der Waals surface area contributed by atoms with Gasteiger partial charge in [0.1, 0.15) is 11.5 Å². The number of amides is 1. The number of anilines is 1. The first kappa shape index (κ1) is 13.1. The number of aromatic amines is 1. The molecular formula is C12H18N6O. The molecular weight excluding hydrogens is 244 g/mol. The summed E-state index contributed by atoms with van der Waals surface area (Å²) in [4.78, 5) is 19.2. The van der Waals surface area contributed by atoms with E-state index in [1.54, 1.807) is 24.0 Å². The smallest absolute Gasteiger partial charge is 0.271 e. The van der Waals surface area contributed by atoms with Crippen molar-refractivity contribution in [1.82, 2.24) is 25.1 Å². The third kappa shape index (κ3) is 2.75. The van der Waals surface area contributed by atoms with Crippen molar-refractivity contribution < 1.29 is 4.79 Å². The van der Waals surface area contributed by atoms with E-state index in [1.807, 2.05) is 6.92 Å². The van der Waals surface area contributed by atoms with E-state index in [0.29, 0.717) is 36.6 Å². The first-order valence-corrected chi connectivity index (χ1v) is 6.22. The Morgan fingerprint density at radius 2 is 2.37 bits per heavy atom. The third-order valence-corrected chi connectivity index (χ3v) is 2.89. The lowest BCUT2D eigenvalue weighted by atomic mass is 10.3. The van der Waals surface area contributed by atoms with Crippen LogP contribution in [0.25, 0.3) is 0 Å². The van der Waals surface area contributed by atoms with Gasteiger partial charge in [-0.3, -0.25) is 9.48 Å². The summed E-state index contributed by atoms with van der Waals surface area (Å²) < 4.78 is 1.62. The molecule has 0 aliphatic rings. The number of carbonyl (C=O) groups excluding carboxylic acids is 1. The normalized spacial score (nSPS) is 10.6. The van der Waals surface area contributed by atoms with Crippen LogP contribution in [0.5, 0.6) is 0 Å². The number of nitrogens with two attached hydrogens (primary N) is 1. The molecule has 0 radical (unpaired) electrons. The minimum Gasteiger partial charge on any atom is -0.395 e. The Morgan fingerprint density at radius 3 is 3.00 bits per heavy atom. The van der Waals surface area contributed by atoms with Gasteiger partial charge >= 0.3 is 0 Å². The minimum atomic E-state index is -0.202. The topological polar surface area (TPSA) is 102 Å². The van der Waals surface area contributed by atoms with Gasteiger partial charge < -0.3 is 16.0 Å². The fourth-order valence-electron chi connectivity index (χ4n) is 1.88. The molecule has 19 heavy (non-hydrogen) atoms. The molecule has 0 fully saturated rings. The molecule has 102 valence electrons. The lowest BCUT2D eigenvalue weighted by Crippen LogP contribution is -2.29. The summed E-state index contributed by atoms with van der Waals surface area (Å²) >= 11 is 0. The van der Waals surface area contributed by atoms with E-state index >= 15 is 0 Å². The van der Waals surface area contributed by atoms with E-state index < -0.39 is 0 Å². The third-order valence-electron chi connectivity index (χ3n) is 2.89. The van der Waals surface area contributed by atoms with Gasteiger partial charge in [-0.05, 0) is 13.8 Å². The van der Waals surface area contributed by atoms with Crippen LogP contribution in [0.4, 0.5) is 5.69 Å². The maximum Gasteiger partial charge on any atom is 0.271 e. The highest BCUT2D eigenvalue weighted by atomic mass is 16.2. The first-order chi connectivity index (χ1) is 9.13. The second kappa shape index (κ2) is 5.55. The number of aryl methyl sites for hydroxylation is 2. The largest absolute Gasteiger partial charge is 0.395 e. The molecule has 7 nitrogen and oxygen atoms in total. The Bertz CT molecular complexity index is 557. The molecule has 0 spiro atoms. The average Bonchev–Trinajstić information content (AvgIpc) is 2.99. The van der Waals surface area contributed by atoms with Crippen LogP contribution in [0, 0.1) is 6.92 Å². The number of hydrogen-bond donors (Lipinski definition) is 3. The molecule has 0 saturated carbocycles. The van der Waals surface area contributed by atoms with Crippen molar-refractivity contribution in [2.45, 2.75) is 26.8 Å². The molecule has 4 N–H and O–H groups in total. The van der Waals surface area contributed by atoms with Crippen molar-refractivity contribution >= 4 is 11.6 Å². The van der Waals surface area contributed by atoms with Gasteiger partial charge in [0.15, 0.2) is 0 Å². The molecule has 0 saturated heterocycles. The zero-order valence-corrected chi connectivity index (χ0v) is 11.1. The summed E-state index contributed by atoms with van der Waals surface area (Å²) in [7, 11) is 0. The molecule has 0 unspecified atom stereocenters. The summed E-state index contributed by atoms with van der Waals surface area (Å²) in [6, 6.07) is 0. The van der Waals surface area contributed by atoms with Crippen molar-refractivity contribution in [3.05, 3.63) is 29.6 Å². The van der Waals surface area contributed by atoms with Crippen LogP contribution in [0.15, 0.2) is 12.4 Å². The van der Waals surface area contributed by atoms with Crippen LogP contribution >= 0.6 is 0 Å². The predicted molar refractivity (Wildman–Crippen MR) is 71.7 cm³/mol. The molecule has 0 aliphatic carbocycles. The standard InChI is InChI=1S/C12H18N6O/c1-3-18-11(10(13)8(2)17-18)12(19)16-5-4-9-14-6-7-15-9/h6-7H,3-5,13H2,1-2H3,(H,14,15)(H,16,19). The lowest BCUT2D eigenvalue weighted by Gasteiger charge is -2.06. The molecule has 2 aromatic heterocycles. The number of carbonyl (C=O) groups is 1. The maximum atomic E-state index is 12.1. The van der Waals surface area contributed by atoms with Gasteiger partial charge in [-0.25, -0.2) is 4.98 Å². The van der Waals surface area contributed by atoms with Crippen LogP contribution in [0.1, 0.15) is 28.9 Å². The van der Waals surface area contributed by atoms with Crippen molar-refractivity contribution in [3.8, 4) is 0 Å². The first-order valence-electron chi connectivity index (χ1n) is 6.22. The van der Waals surface area contributed by atoms with E-state index in [0.717, 1.165) is 5.82 Å². The molecule has 0 bridgehead atoms. The van der Waals surface area contributed by atoms with Gasteiger partial charge in [0.2, 0.25) is 0 Å². The summed E-state index contributed by atoms with van der Waals surface area (Å²) in [5.41, 5.74) is 7.43. The van der Waals surface area contributed by atoms with Crippen molar-refractivity contribution in [1.29, 1.82) is 0 Å². The zero-order valence-electron chi connectivity index (χ0n) is 11.1. The quantitative estimate of drug-likeness (QED) is 0.729. The molecule has 2 rings (SSSR count). The summed E-state index contributed by atoms with van der Waals surface area (Å²) in [5, 5.41) is 7.05. The van der Waals surface area contributed by atoms with Gasteiger partial charge in [-0.1, -0.05) is 0 Å². The van der Waals surface area contributed by atoms with Gasteiger partial charge in [0.25, 0.3) is 5.91 Å². The van der Waals surface area contributed by atoms with Gasteiger partial charge in [-0.15, -0.1) is 0 Å². The zero-order chi connectivity index (χ0) is 13.8. The summed E-state index contributed by atoms with van der Waals surface area (Å²) in [6.45, 7) is 4.82. The van der Waals surface area contributed by atoms with E-state index in [4.69, 9.17) is 5.73 Å². The SMILES string of the molecule is CCn1nc(C)c(N)c1C(=O)NCCc1ncc[nH]1. The Labute approximate surface area is 111 Å². The molecule has 2 heterocycles. The second-order valence-corrected chi connectivity index (χ2v) is 4.21. The van der Waals surface area contributed by atoms with Crippen molar-refractivity contribution in [2.75, 3.05) is 12.3 Å². The molecule has 1 amide bonds. The molecule has 2 aromatic rings. The Morgan fingerprint density at radius 1 is 1.58 bits per heavy atom. The number of nitrogen functional groups attached to an aromatic ring is 1. The number of nitrogens with one attached hydrogen (secondary N) is 2. The highest BCUT2D eigenvalue weighted by Gasteiger charge is 2.18. The minimum absolute atomic E-state index is 0.202. The van der Waals surface area contributed by atoms with Gasteiger partial charge in [-0.2, -0.15) is 5.10 Å².